The van der Waals surface area contributed by atoms with Crippen LogP contribution in [0.2, 0.25) is 0 Å². The van der Waals surface area contributed by atoms with Gasteiger partial charge in [0.15, 0.2) is 0 Å². The number of hydrogen-bond acceptors (Lipinski definition) is 3. The van der Waals surface area contributed by atoms with E-state index in [0.717, 1.165) is 32.1 Å². The smallest absolute Gasteiger partial charge is 0.214 e. The first kappa shape index (κ1) is 15.3. The van der Waals surface area contributed by atoms with Gasteiger partial charge in [0.1, 0.15) is 0 Å². The molecule has 5 heteroatoms. The molecule has 0 amide bonds. The van der Waals surface area contributed by atoms with Crippen LogP contribution < -0.4 is 5.73 Å². The first-order valence-electron chi connectivity index (χ1n) is 7.64. The highest BCUT2D eigenvalue weighted by atomic mass is 32.2. The highest BCUT2D eigenvalue weighted by Gasteiger charge is 2.45. The minimum atomic E-state index is -3.15. The van der Waals surface area contributed by atoms with E-state index in [1.165, 1.54) is 6.42 Å². The van der Waals surface area contributed by atoms with Gasteiger partial charge in [0.25, 0.3) is 0 Å². The van der Waals surface area contributed by atoms with Gasteiger partial charge in [-0.3, -0.25) is 0 Å². The standard InChI is InChI=1S/C14H28N2O2S/c1-3-16(19(17,18)10-13-6-7-13)14(11-15)8-4-5-12(2)9-14/h12-13H,3-11,15H2,1-2H3. The molecule has 2 aliphatic carbocycles. The monoisotopic (exact) mass is 288 g/mol. The van der Waals surface area contributed by atoms with Gasteiger partial charge in [-0.2, -0.15) is 4.31 Å². The SMILES string of the molecule is CCN(C1(CN)CCCC(C)C1)S(=O)(=O)CC1CC1. The molecule has 0 aliphatic heterocycles. The summed E-state index contributed by atoms with van der Waals surface area (Å²) in [6, 6.07) is 0. The number of hydrogen-bond donors (Lipinski definition) is 1. The topological polar surface area (TPSA) is 63.4 Å². The van der Waals surface area contributed by atoms with Crippen molar-refractivity contribution in [3.8, 4) is 0 Å². The molecular formula is C14H28N2O2S. The molecule has 112 valence electrons. The zero-order valence-corrected chi connectivity index (χ0v) is 13.1. The Kier molecular flexibility index (Phi) is 4.58. The highest BCUT2D eigenvalue weighted by Crippen LogP contribution is 2.39. The summed E-state index contributed by atoms with van der Waals surface area (Å²) in [4.78, 5) is 0. The minimum Gasteiger partial charge on any atom is -0.329 e. The van der Waals surface area contributed by atoms with Crippen molar-refractivity contribution >= 4 is 10.0 Å². The first-order valence-corrected chi connectivity index (χ1v) is 9.25. The number of nitrogens with zero attached hydrogens (tertiary/aromatic N) is 1. The molecule has 4 nitrogen and oxygen atoms in total. The van der Waals surface area contributed by atoms with Crippen LogP contribution in [0.3, 0.4) is 0 Å². The predicted octanol–water partition coefficient (Wildman–Crippen LogP) is 1.96. The molecule has 2 fully saturated rings. The van der Waals surface area contributed by atoms with Crippen molar-refractivity contribution in [1.29, 1.82) is 0 Å². The Hall–Kier alpha value is -0.130. The van der Waals surface area contributed by atoms with Crippen LogP contribution in [-0.4, -0.2) is 37.1 Å². The zero-order valence-electron chi connectivity index (χ0n) is 12.3. The molecule has 2 atom stereocenters. The lowest BCUT2D eigenvalue weighted by molar-refractivity contribution is 0.112. The summed E-state index contributed by atoms with van der Waals surface area (Å²) in [5.41, 5.74) is 5.69. The Morgan fingerprint density at radius 3 is 2.47 bits per heavy atom. The second-order valence-corrected chi connectivity index (χ2v) is 8.45. The van der Waals surface area contributed by atoms with Crippen LogP contribution in [0, 0.1) is 11.8 Å². The van der Waals surface area contributed by atoms with E-state index in [9.17, 15) is 8.42 Å². The Labute approximate surface area is 117 Å². The maximum Gasteiger partial charge on any atom is 0.214 e. The normalized spacial score (nSPS) is 32.7. The van der Waals surface area contributed by atoms with Crippen molar-refractivity contribution in [3.63, 3.8) is 0 Å². The highest BCUT2D eigenvalue weighted by molar-refractivity contribution is 7.89. The fourth-order valence-corrected chi connectivity index (χ4v) is 5.98. The van der Waals surface area contributed by atoms with Crippen molar-refractivity contribution in [2.45, 2.75) is 57.9 Å². The summed E-state index contributed by atoms with van der Waals surface area (Å²) in [6.07, 6.45) is 6.27. The minimum absolute atomic E-state index is 0.319. The summed E-state index contributed by atoms with van der Waals surface area (Å²) in [6.45, 7) is 5.17. The van der Waals surface area contributed by atoms with Crippen LogP contribution in [0.5, 0.6) is 0 Å². The number of sulfonamides is 1. The van der Waals surface area contributed by atoms with E-state index in [1.807, 2.05) is 6.92 Å². The number of nitrogens with two attached hydrogens (primary N) is 1. The summed E-state index contributed by atoms with van der Waals surface area (Å²) in [5.74, 6) is 1.30. The second-order valence-electron chi connectivity index (χ2n) is 6.52. The van der Waals surface area contributed by atoms with E-state index < -0.39 is 10.0 Å². The average molecular weight is 288 g/mol. The lowest BCUT2D eigenvalue weighted by Gasteiger charge is -2.46. The molecule has 19 heavy (non-hydrogen) atoms. The van der Waals surface area contributed by atoms with Gasteiger partial charge in [-0.1, -0.05) is 26.7 Å². The third-order valence-corrected chi connectivity index (χ3v) is 6.95. The van der Waals surface area contributed by atoms with Crippen LogP contribution in [0.25, 0.3) is 0 Å². The lowest BCUT2D eigenvalue weighted by Crippen LogP contribution is -2.58. The molecular weight excluding hydrogens is 260 g/mol. The third kappa shape index (κ3) is 3.31. The zero-order chi connectivity index (χ0) is 14.1. The van der Waals surface area contributed by atoms with Crippen molar-refractivity contribution in [2.24, 2.45) is 17.6 Å². The van der Waals surface area contributed by atoms with E-state index in [1.54, 1.807) is 4.31 Å². The molecule has 2 rings (SSSR count). The molecule has 0 saturated heterocycles. The van der Waals surface area contributed by atoms with E-state index in [2.05, 4.69) is 6.92 Å². The van der Waals surface area contributed by atoms with Crippen LogP contribution in [0.15, 0.2) is 0 Å². The summed E-state index contributed by atoms with van der Waals surface area (Å²) in [5, 5.41) is 0. The van der Waals surface area contributed by atoms with Crippen LogP contribution in [0.4, 0.5) is 0 Å². The Morgan fingerprint density at radius 1 is 1.32 bits per heavy atom. The molecule has 2 saturated carbocycles. The van der Waals surface area contributed by atoms with Crippen molar-refractivity contribution < 1.29 is 8.42 Å². The average Bonchev–Trinajstić information content (AvgIpc) is 3.12. The van der Waals surface area contributed by atoms with Crippen LogP contribution in [0.1, 0.15) is 52.4 Å². The molecule has 0 aromatic carbocycles. The fraction of sp³-hybridized carbons (Fsp3) is 1.00. The van der Waals surface area contributed by atoms with Crippen LogP contribution >= 0.6 is 0 Å². The number of likely N-dealkylation sites (N-methyl/N-ethyl adjacent to an activating group) is 1. The second kappa shape index (κ2) is 5.70. The molecule has 2 N–H and O–H groups in total. The lowest BCUT2D eigenvalue weighted by atomic mass is 9.76. The Bertz CT molecular complexity index is 406. The first-order chi connectivity index (χ1) is 8.93. The molecule has 0 bridgehead atoms. The van der Waals surface area contributed by atoms with E-state index in [0.29, 0.717) is 30.7 Å². The number of rotatable bonds is 6. The maximum atomic E-state index is 12.7. The van der Waals surface area contributed by atoms with Gasteiger partial charge in [0.2, 0.25) is 10.0 Å². The third-order valence-electron chi connectivity index (χ3n) is 4.74. The van der Waals surface area contributed by atoms with Gasteiger partial charge in [0.05, 0.1) is 5.75 Å². The van der Waals surface area contributed by atoms with Gasteiger partial charge >= 0.3 is 0 Å². The van der Waals surface area contributed by atoms with Gasteiger partial charge in [-0.25, -0.2) is 8.42 Å². The quantitative estimate of drug-likeness (QED) is 0.812. The largest absolute Gasteiger partial charge is 0.329 e. The molecule has 0 radical (unpaired) electrons. The molecule has 2 unspecified atom stereocenters. The van der Waals surface area contributed by atoms with Gasteiger partial charge < -0.3 is 5.73 Å². The van der Waals surface area contributed by atoms with Crippen molar-refractivity contribution in [2.75, 3.05) is 18.8 Å². The summed E-state index contributed by atoms with van der Waals surface area (Å²) in [7, 11) is -3.15. The van der Waals surface area contributed by atoms with Gasteiger partial charge in [-0.15, -0.1) is 0 Å². The summed E-state index contributed by atoms with van der Waals surface area (Å²) >= 11 is 0. The predicted molar refractivity (Wildman–Crippen MR) is 78.3 cm³/mol. The molecule has 0 heterocycles. The van der Waals surface area contributed by atoms with Gasteiger partial charge in [0, 0.05) is 18.6 Å². The fourth-order valence-electron chi connectivity index (χ4n) is 3.65. The van der Waals surface area contributed by atoms with Gasteiger partial charge in [-0.05, 0) is 37.5 Å². The van der Waals surface area contributed by atoms with E-state index in [-0.39, 0.29) is 5.54 Å². The Balaban J connectivity index is 2.21. The summed E-state index contributed by atoms with van der Waals surface area (Å²) < 4.78 is 27.0. The molecule has 0 aromatic heterocycles. The maximum absolute atomic E-state index is 12.7. The van der Waals surface area contributed by atoms with E-state index >= 15 is 0 Å². The Morgan fingerprint density at radius 2 is 2.00 bits per heavy atom. The van der Waals surface area contributed by atoms with Crippen molar-refractivity contribution in [1.82, 2.24) is 4.31 Å². The van der Waals surface area contributed by atoms with Crippen LogP contribution in [-0.2, 0) is 10.0 Å². The molecule has 0 aromatic rings. The van der Waals surface area contributed by atoms with Crippen molar-refractivity contribution in [3.05, 3.63) is 0 Å². The molecule has 0 spiro atoms. The van der Waals surface area contributed by atoms with E-state index in [4.69, 9.17) is 5.73 Å². The molecule has 2 aliphatic rings.